The van der Waals surface area contributed by atoms with Gasteiger partial charge in [0, 0.05) is 36.3 Å². The van der Waals surface area contributed by atoms with Gasteiger partial charge in [-0.3, -0.25) is 0 Å². The van der Waals surface area contributed by atoms with E-state index in [1.807, 2.05) is 26.8 Å². The number of aromatic amines is 1. The van der Waals surface area contributed by atoms with E-state index in [1.54, 1.807) is 29.3 Å². The quantitative estimate of drug-likeness (QED) is 0.487. The zero-order chi connectivity index (χ0) is 22.9. The zero-order valence-corrected chi connectivity index (χ0v) is 19.1. The highest BCUT2D eigenvalue weighted by atomic mass is 35.5. The van der Waals surface area contributed by atoms with Crippen LogP contribution in [0.5, 0.6) is 0 Å². The molecule has 3 aromatic rings. The van der Waals surface area contributed by atoms with Gasteiger partial charge in [-0.1, -0.05) is 11.6 Å². The molecule has 1 N–H and O–H groups in total. The summed E-state index contributed by atoms with van der Waals surface area (Å²) in [6.45, 7) is 6.80. The predicted octanol–water partition coefficient (Wildman–Crippen LogP) is 6.05. The molecular weight excluding hydrogens is 431 g/mol. The maximum Gasteiger partial charge on any atom is 0.410 e. The van der Waals surface area contributed by atoms with Crippen LogP contribution in [-0.2, 0) is 4.74 Å². The molecule has 0 saturated carbocycles. The smallest absolute Gasteiger partial charge is 0.410 e. The summed E-state index contributed by atoms with van der Waals surface area (Å²) >= 11 is 6.11. The first-order chi connectivity index (χ1) is 15.2. The molecule has 1 aliphatic rings. The molecule has 3 heterocycles. The number of imidazole rings is 1. The Morgan fingerprint density at radius 2 is 1.84 bits per heavy atom. The number of hydrogen-bond donors (Lipinski definition) is 1. The molecule has 2 aromatic heterocycles. The van der Waals surface area contributed by atoms with Gasteiger partial charge >= 0.3 is 6.09 Å². The van der Waals surface area contributed by atoms with E-state index in [2.05, 4.69) is 9.97 Å². The Bertz CT molecular complexity index is 1100. The van der Waals surface area contributed by atoms with Crippen LogP contribution in [0.25, 0.3) is 22.5 Å². The van der Waals surface area contributed by atoms with Crippen molar-refractivity contribution in [3.8, 4) is 22.5 Å². The summed E-state index contributed by atoms with van der Waals surface area (Å²) in [5.41, 5.74) is 2.69. The minimum absolute atomic E-state index is 0.166. The van der Waals surface area contributed by atoms with E-state index in [4.69, 9.17) is 21.3 Å². The van der Waals surface area contributed by atoms with Crippen molar-refractivity contribution >= 4 is 17.7 Å². The molecule has 1 saturated heterocycles. The van der Waals surface area contributed by atoms with Gasteiger partial charge in [0.2, 0.25) is 0 Å². The number of rotatable bonds is 3. The van der Waals surface area contributed by atoms with Crippen LogP contribution in [0.3, 0.4) is 0 Å². The molecule has 0 radical (unpaired) electrons. The van der Waals surface area contributed by atoms with Crippen molar-refractivity contribution in [1.29, 1.82) is 0 Å². The van der Waals surface area contributed by atoms with Gasteiger partial charge < -0.3 is 14.6 Å². The number of aromatic nitrogens is 3. The minimum atomic E-state index is -0.514. The summed E-state index contributed by atoms with van der Waals surface area (Å²) in [4.78, 5) is 26.5. The minimum Gasteiger partial charge on any atom is -0.444 e. The first kappa shape index (κ1) is 22.3. The predicted molar refractivity (Wildman–Crippen MR) is 122 cm³/mol. The van der Waals surface area contributed by atoms with Crippen LogP contribution in [0.1, 0.15) is 45.4 Å². The van der Waals surface area contributed by atoms with Gasteiger partial charge in [0.15, 0.2) is 0 Å². The van der Waals surface area contributed by atoms with Crippen LogP contribution in [0.4, 0.5) is 9.18 Å². The second-order valence-corrected chi connectivity index (χ2v) is 9.35. The Balaban J connectivity index is 1.60. The van der Waals surface area contributed by atoms with E-state index >= 15 is 0 Å². The fourth-order valence-electron chi connectivity index (χ4n) is 3.83. The van der Waals surface area contributed by atoms with Crippen molar-refractivity contribution in [1.82, 2.24) is 19.9 Å². The number of piperidine rings is 1. The lowest BCUT2D eigenvalue weighted by atomic mass is 9.96. The number of pyridine rings is 1. The Labute approximate surface area is 191 Å². The van der Waals surface area contributed by atoms with Gasteiger partial charge in [0.1, 0.15) is 22.4 Å². The highest BCUT2D eigenvalue weighted by Gasteiger charge is 2.29. The number of nitrogens with one attached hydrogen (secondary N) is 1. The standard InChI is InChI=1S/C24H26ClFN4O2/c1-24(2,3)32-23(31)30-12-9-16(10-13-30)22-28-20(15-4-6-18(26)7-5-15)21(29-22)17-8-11-27-19(25)14-17/h4-8,11,14,16H,9-10,12-13H2,1-3H3,(H,28,29). The highest BCUT2D eigenvalue weighted by molar-refractivity contribution is 6.29. The third-order valence-corrected chi connectivity index (χ3v) is 5.60. The number of amides is 1. The third-order valence-electron chi connectivity index (χ3n) is 5.39. The molecule has 0 aliphatic carbocycles. The lowest BCUT2D eigenvalue weighted by Crippen LogP contribution is -2.41. The van der Waals surface area contributed by atoms with Crippen LogP contribution in [0.15, 0.2) is 42.6 Å². The number of H-pyrrole nitrogens is 1. The molecule has 1 aromatic carbocycles. The third kappa shape index (κ3) is 5.10. The number of hydrogen-bond acceptors (Lipinski definition) is 4. The number of benzene rings is 1. The lowest BCUT2D eigenvalue weighted by molar-refractivity contribution is 0.0203. The molecule has 0 spiro atoms. The molecule has 168 valence electrons. The first-order valence-electron chi connectivity index (χ1n) is 10.7. The number of likely N-dealkylation sites (tertiary alicyclic amines) is 1. The number of carbonyl (C=O) groups excluding carboxylic acids is 1. The molecular formula is C24H26ClFN4O2. The van der Waals surface area contributed by atoms with E-state index in [-0.39, 0.29) is 17.8 Å². The van der Waals surface area contributed by atoms with E-state index in [0.29, 0.717) is 18.2 Å². The van der Waals surface area contributed by atoms with E-state index in [0.717, 1.165) is 41.2 Å². The summed E-state index contributed by atoms with van der Waals surface area (Å²) in [7, 11) is 0. The van der Waals surface area contributed by atoms with Crippen molar-refractivity contribution < 1.29 is 13.9 Å². The molecule has 0 unspecified atom stereocenters. The average Bonchev–Trinajstić information content (AvgIpc) is 3.19. The van der Waals surface area contributed by atoms with Gasteiger partial charge in [-0.05, 0) is 70.0 Å². The van der Waals surface area contributed by atoms with Crippen LogP contribution >= 0.6 is 11.6 Å². The van der Waals surface area contributed by atoms with Crippen molar-refractivity contribution in [2.75, 3.05) is 13.1 Å². The van der Waals surface area contributed by atoms with E-state index < -0.39 is 5.60 Å². The molecule has 0 bridgehead atoms. The molecule has 6 nitrogen and oxygen atoms in total. The van der Waals surface area contributed by atoms with E-state index in [9.17, 15) is 9.18 Å². The summed E-state index contributed by atoms with van der Waals surface area (Å²) in [6.07, 6.45) is 2.90. The van der Waals surface area contributed by atoms with Crippen LogP contribution in [0.2, 0.25) is 5.15 Å². The van der Waals surface area contributed by atoms with Crippen LogP contribution in [-0.4, -0.2) is 44.6 Å². The fraction of sp³-hybridized carbons (Fsp3) is 0.375. The number of ether oxygens (including phenoxy) is 1. The summed E-state index contributed by atoms with van der Waals surface area (Å²) in [5.74, 6) is 0.714. The normalized spacial score (nSPS) is 15.1. The summed E-state index contributed by atoms with van der Waals surface area (Å²) < 4.78 is 19.0. The van der Waals surface area contributed by atoms with Crippen molar-refractivity contribution in [3.63, 3.8) is 0 Å². The topological polar surface area (TPSA) is 71.1 Å². The zero-order valence-electron chi connectivity index (χ0n) is 18.4. The van der Waals surface area contributed by atoms with Gasteiger partial charge in [-0.25, -0.2) is 19.2 Å². The van der Waals surface area contributed by atoms with Gasteiger partial charge in [0.25, 0.3) is 0 Å². The van der Waals surface area contributed by atoms with Crippen LogP contribution in [0, 0.1) is 5.82 Å². The van der Waals surface area contributed by atoms with Crippen LogP contribution < -0.4 is 0 Å². The highest BCUT2D eigenvalue weighted by Crippen LogP contribution is 2.35. The Morgan fingerprint density at radius 3 is 2.47 bits per heavy atom. The van der Waals surface area contributed by atoms with Gasteiger partial charge in [-0.15, -0.1) is 0 Å². The maximum atomic E-state index is 13.5. The molecule has 8 heteroatoms. The average molecular weight is 457 g/mol. The molecule has 32 heavy (non-hydrogen) atoms. The number of nitrogens with zero attached hydrogens (tertiary/aromatic N) is 3. The SMILES string of the molecule is CC(C)(C)OC(=O)N1CCC(c2nc(-c3ccnc(Cl)c3)c(-c3ccc(F)cc3)[nH]2)CC1. The second-order valence-electron chi connectivity index (χ2n) is 8.96. The maximum absolute atomic E-state index is 13.5. The molecule has 0 atom stereocenters. The Morgan fingerprint density at radius 1 is 1.16 bits per heavy atom. The van der Waals surface area contributed by atoms with Crippen molar-refractivity contribution in [2.24, 2.45) is 0 Å². The first-order valence-corrected chi connectivity index (χ1v) is 11.0. The second kappa shape index (κ2) is 8.90. The Kier molecular flexibility index (Phi) is 6.20. The molecule has 4 rings (SSSR count). The number of carbonyl (C=O) groups is 1. The summed E-state index contributed by atoms with van der Waals surface area (Å²) in [5, 5.41) is 0.378. The lowest BCUT2D eigenvalue weighted by Gasteiger charge is -2.32. The van der Waals surface area contributed by atoms with E-state index in [1.165, 1.54) is 12.1 Å². The Hall–Kier alpha value is -2.93. The van der Waals surface area contributed by atoms with Gasteiger partial charge in [-0.2, -0.15) is 0 Å². The van der Waals surface area contributed by atoms with Gasteiger partial charge in [0.05, 0.1) is 11.4 Å². The molecule has 1 aliphatic heterocycles. The molecule has 1 fully saturated rings. The number of halogens is 2. The summed E-state index contributed by atoms with van der Waals surface area (Å²) in [6, 6.07) is 9.93. The van der Waals surface area contributed by atoms with Crippen molar-refractivity contribution in [2.45, 2.75) is 45.1 Å². The molecule has 1 amide bonds. The fourth-order valence-corrected chi connectivity index (χ4v) is 4.00. The van der Waals surface area contributed by atoms with Crippen molar-refractivity contribution in [3.05, 3.63) is 59.4 Å². The monoisotopic (exact) mass is 456 g/mol. The largest absolute Gasteiger partial charge is 0.444 e.